The molecule has 2 unspecified atom stereocenters. The van der Waals surface area contributed by atoms with E-state index >= 15 is 0 Å². The SMILES string of the molecule is CCC(O)c1ccccc1OCC1CN(C)CCO1. The lowest BCUT2D eigenvalue weighted by Crippen LogP contribution is -2.42. The summed E-state index contributed by atoms with van der Waals surface area (Å²) in [5.74, 6) is 0.758. The molecule has 1 heterocycles. The topological polar surface area (TPSA) is 41.9 Å². The Hall–Kier alpha value is -1.10. The Labute approximate surface area is 114 Å². The highest BCUT2D eigenvalue weighted by Crippen LogP contribution is 2.27. The fraction of sp³-hybridized carbons (Fsp3) is 0.600. The van der Waals surface area contributed by atoms with E-state index in [0.717, 1.165) is 31.0 Å². The number of morpholine rings is 1. The number of hydrogen-bond acceptors (Lipinski definition) is 4. The molecule has 1 N–H and O–H groups in total. The number of aliphatic hydroxyl groups excluding tert-OH is 1. The maximum Gasteiger partial charge on any atom is 0.125 e. The Balaban J connectivity index is 1.95. The van der Waals surface area contributed by atoms with E-state index in [2.05, 4.69) is 11.9 Å². The largest absolute Gasteiger partial charge is 0.490 e. The highest BCUT2D eigenvalue weighted by Gasteiger charge is 2.19. The Bertz CT molecular complexity index is 397. The smallest absolute Gasteiger partial charge is 0.125 e. The third-order valence-corrected chi connectivity index (χ3v) is 3.43. The average Bonchev–Trinajstić information content (AvgIpc) is 2.45. The highest BCUT2D eigenvalue weighted by molar-refractivity contribution is 5.35. The number of ether oxygens (including phenoxy) is 2. The van der Waals surface area contributed by atoms with Crippen molar-refractivity contribution in [1.82, 2.24) is 4.90 Å². The first-order chi connectivity index (χ1) is 9.20. The van der Waals surface area contributed by atoms with Crippen LogP contribution in [0.15, 0.2) is 24.3 Å². The molecule has 4 nitrogen and oxygen atoms in total. The van der Waals surface area contributed by atoms with Gasteiger partial charge < -0.3 is 19.5 Å². The van der Waals surface area contributed by atoms with Gasteiger partial charge in [0.05, 0.1) is 12.7 Å². The van der Waals surface area contributed by atoms with Crippen LogP contribution in [-0.2, 0) is 4.74 Å². The van der Waals surface area contributed by atoms with Crippen LogP contribution in [0, 0.1) is 0 Å². The van der Waals surface area contributed by atoms with E-state index in [1.54, 1.807) is 0 Å². The first-order valence-electron chi connectivity index (χ1n) is 6.90. The number of para-hydroxylation sites is 1. The third kappa shape index (κ3) is 3.93. The van der Waals surface area contributed by atoms with Crippen molar-refractivity contribution in [2.75, 3.05) is 33.4 Å². The summed E-state index contributed by atoms with van der Waals surface area (Å²) in [7, 11) is 2.09. The molecule has 0 bridgehead atoms. The molecule has 0 aromatic heterocycles. The summed E-state index contributed by atoms with van der Waals surface area (Å²) < 4.78 is 11.5. The molecule has 0 amide bonds. The van der Waals surface area contributed by atoms with E-state index in [-0.39, 0.29) is 6.10 Å². The lowest BCUT2D eigenvalue weighted by atomic mass is 10.1. The fourth-order valence-corrected chi connectivity index (χ4v) is 2.26. The first-order valence-corrected chi connectivity index (χ1v) is 6.90. The number of aliphatic hydroxyl groups is 1. The van der Waals surface area contributed by atoms with Gasteiger partial charge in [0.1, 0.15) is 18.5 Å². The van der Waals surface area contributed by atoms with Gasteiger partial charge in [-0.05, 0) is 19.5 Å². The Morgan fingerprint density at radius 2 is 2.26 bits per heavy atom. The molecular weight excluding hydrogens is 242 g/mol. The number of benzene rings is 1. The van der Waals surface area contributed by atoms with Crippen LogP contribution in [0.3, 0.4) is 0 Å². The molecule has 1 aromatic carbocycles. The number of hydrogen-bond donors (Lipinski definition) is 1. The van der Waals surface area contributed by atoms with Gasteiger partial charge in [-0.25, -0.2) is 0 Å². The summed E-state index contributed by atoms with van der Waals surface area (Å²) in [6.07, 6.45) is 0.319. The van der Waals surface area contributed by atoms with Crippen molar-refractivity contribution in [1.29, 1.82) is 0 Å². The molecule has 1 aliphatic rings. The van der Waals surface area contributed by atoms with E-state index in [1.807, 2.05) is 31.2 Å². The van der Waals surface area contributed by atoms with E-state index in [4.69, 9.17) is 9.47 Å². The van der Waals surface area contributed by atoms with Crippen LogP contribution < -0.4 is 4.74 Å². The molecule has 1 fully saturated rings. The average molecular weight is 265 g/mol. The lowest BCUT2D eigenvalue weighted by molar-refractivity contribution is -0.0407. The van der Waals surface area contributed by atoms with E-state index in [9.17, 15) is 5.11 Å². The van der Waals surface area contributed by atoms with Crippen LogP contribution in [0.2, 0.25) is 0 Å². The molecule has 106 valence electrons. The second-order valence-corrected chi connectivity index (χ2v) is 5.03. The predicted molar refractivity (Wildman–Crippen MR) is 74.4 cm³/mol. The maximum absolute atomic E-state index is 9.97. The third-order valence-electron chi connectivity index (χ3n) is 3.43. The number of nitrogens with zero attached hydrogens (tertiary/aromatic N) is 1. The van der Waals surface area contributed by atoms with E-state index < -0.39 is 6.10 Å². The summed E-state index contributed by atoms with van der Waals surface area (Å²) in [6.45, 7) is 5.10. The minimum atomic E-state index is -0.467. The minimum absolute atomic E-state index is 0.102. The number of likely N-dealkylation sites (N-methyl/N-ethyl adjacent to an activating group) is 1. The zero-order valence-corrected chi connectivity index (χ0v) is 11.7. The summed E-state index contributed by atoms with van der Waals surface area (Å²) in [5.41, 5.74) is 0.856. The normalized spacial score (nSPS) is 22.2. The minimum Gasteiger partial charge on any atom is -0.490 e. The molecule has 2 rings (SSSR count). The Morgan fingerprint density at radius 3 is 3.00 bits per heavy atom. The van der Waals surface area contributed by atoms with Gasteiger partial charge in [0, 0.05) is 18.7 Å². The van der Waals surface area contributed by atoms with Crippen LogP contribution in [0.1, 0.15) is 25.0 Å². The molecule has 0 radical (unpaired) electrons. The fourth-order valence-electron chi connectivity index (χ4n) is 2.26. The van der Waals surface area contributed by atoms with Gasteiger partial charge in [-0.2, -0.15) is 0 Å². The van der Waals surface area contributed by atoms with Crippen molar-refractivity contribution < 1.29 is 14.6 Å². The molecule has 0 saturated carbocycles. The van der Waals surface area contributed by atoms with Crippen LogP contribution in [0.4, 0.5) is 0 Å². The van der Waals surface area contributed by atoms with Crippen LogP contribution >= 0.6 is 0 Å². The zero-order valence-electron chi connectivity index (χ0n) is 11.7. The van der Waals surface area contributed by atoms with Gasteiger partial charge in [-0.1, -0.05) is 25.1 Å². The van der Waals surface area contributed by atoms with Crippen LogP contribution in [-0.4, -0.2) is 49.5 Å². The first kappa shape index (κ1) is 14.3. The van der Waals surface area contributed by atoms with Crippen molar-refractivity contribution >= 4 is 0 Å². The molecular formula is C15H23NO3. The van der Waals surface area contributed by atoms with Gasteiger partial charge in [0.25, 0.3) is 0 Å². The van der Waals surface area contributed by atoms with Gasteiger partial charge in [-0.3, -0.25) is 0 Å². The van der Waals surface area contributed by atoms with Crippen molar-refractivity contribution in [2.45, 2.75) is 25.6 Å². The summed E-state index contributed by atoms with van der Waals surface area (Å²) in [4.78, 5) is 2.24. The summed E-state index contributed by atoms with van der Waals surface area (Å²) in [5, 5.41) is 9.97. The van der Waals surface area contributed by atoms with Crippen molar-refractivity contribution in [3.63, 3.8) is 0 Å². The standard InChI is InChI=1S/C15H23NO3/c1-3-14(17)13-6-4-5-7-15(13)19-11-12-10-16(2)8-9-18-12/h4-7,12,14,17H,3,8-11H2,1-2H3. The summed E-state index contributed by atoms with van der Waals surface area (Å²) >= 11 is 0. The maximum atomic E-state index is 9.97. The molecule has 4 heteroatoms. The van der Waals surface area contributed by atoms with Crippen molar-refractivity contribution in [3.8, 4) is 5.75 Å². The Kier molecular flexibility index (Phi) is 5.19. The van der Waals surface area contributed by atoms with Crippen molar-refractivity contribution in [2.24, 2.45) is 0 Å². The molecule has 0 aliphatic carbocycles. The van der Waals surface area contributed by atoms with Crippen LogP contribution in [0.25, 0.3) is 0 Å². The molecule has 1 aliphatic heterocycles. The monoisotopic (exact) mass is 265 g/mol. The molecule has 0 spiro atoms. The summed E-state index contributed by atoms with van der Waals surface area (Å²) in [6, 6.07) is 7.67. The quantitative estimate of drug-likeness (QED) is 0.882. The van der Waals surface area contributed by atoms with Gasteiger partial charge >= 0.3 is 0 Å². The Morgan fingerprint density at radius 1 is 1.47 bits per heavy atom. The second-order valence-electron chi connectivity index (χ2n) is 5.03. The van der Waals surface area contributed by atoms with E-state index in [0.29, 0.717) is 13.0 Å². The number of rotatable bonds is 5. The lowest BCUT2D eigenvalue weighted by Gasteiger charge is -2.30. The molecule has 19 heavy (non-hydrogen) atoms. The predicted octanol–water partition coefficient (Wildman–Crippen LogP) is 1.84. The van der Waals surface area contributed by atoms with Gasteiger partial charge in [0.15, 0.2) is 0 Å². The van der Waals surface area contributed by atoms with Gasteiger partial charge in [-0.15, -0.1) is 0 Å². The van der Waals surface area contributed by atoms with Crippen LogP contribution in [0.5, 0.6) is 5.75 Å². The molecule has 1 aromatic rings. The second kappa shape index (κ2) is 6.89. The zero-order chi connectivity index (χ0) is 13.7. The van der Waals surface area contributed by atoms with E-state index in [1.165, 1.54) is 0 Å². The van der Waals surface area contributed by atoms with Gasteiger partial charge in [0.2, 0.25) is 0 Å². The molecule has 2 atom stereocenters. The molecule has 1 saturated heterocycles. The van der Waals surface area contributed by atoms with Crippen molar-refractivity contribution in [3.05, 3.63) is 29.8 Å². The highest BCUT2D eigenvalue weighted by atomic mass is 16.5.